The normalized spacial score (nSPS) is 20.3. The van der Waals surface area contributed by atoms with Gasteiger partial charge in [-0.2, -0.15) is 28.7 Å². The maximum absolute atomic E-state index is 5.08. The third-order valence-electron chi connectivity index (χ3n) is 2.06. The van der Waals surface area contributed by atoms with Crippen LogP contribution >= 0.6 is 35.7 Å². The summed E-state index contributed by atoms with van der Waals surface area (Å²) >= 11 is 9.06. The number of nitrogens with one attached hydrogen (secondary N) is 1. The summed E-state index contributed by atoms with van der Waals surface area (Å²) in [6, 6.07) is 0.424. The van der Waals surface area contributed by atoms with Crippen molar-refractivity contribution in [2.75, 3.05) is 23.0 Å². The SMILES string of the molecule is S=c1nn[nH]n1C1CSCCCSC1. The molecule has 0 spiro atoms. The minimum Gasteiger partial charge on any atom is -0.238 e. The summed E-state index contributed by atoms with van der Waals surface area (Å²) in [4.78, 5) is 0. The summed E-state index contributed by atoms with van der Waals surface area (Å²) in [5, 5.41) is 10.4. The van der Waals surface area contributed by atoms with Crippen molar-refractivity contribution in [2.24, 2.45) is 0 Å². The number of aromatic amines is 1. The van der Waals surface area contributed by atoms with Gasteiger partial charge in [-0.25, -0.2) is 4.68 Å². The van der Waals surface area contributed by atoms with E-state index in [0.717, 1.165) is 11.5 Å². The van der Waals surface area contributed by atoms with Gasteiger partial charge in [0, 0.05) is 11.5 Å². The molecule has 0 atom stereocenters. The van der Waals surface area contributed by atoms with Crippen LogP contribution in [0.25, 0.3) is 0 Å². The van der Waals surface area contributed by atoms with E-state index in [4.69, 9.17) is 12.2 Å². The second-order valence-electron chi connectivity index (χ2n) is 3.11. The molecule has 0 bridgehead atoms. The van der Waals surface area contributed by atoms with Crippen LogP contribution in [-0.2, 0) is 0 Å². The summed E-state index contributed by atoms with van der Waals surface area (Å²) < 4.78 is 2.47. The van der Waals surface area contributed by atoms with E-state index in [1.165, 1.54) is 17.9 Å². The summed E-state index contributed by atoms with van der Waals surface area (Å²) in [7, 11) is 0. The van der Waals surface area contributed by atoms with Crippen molar-refractivity contribution in [1.82, 2.24) is 20.2 Å². The lowest BCUT2D eigenvalue weighted by atomic mass is 10.4. The first kappa shape index (κ1) is 10.5. The van der Waals surface area contributed by atoms with Crippen molar-refractivity contribution in [3.63, 3.8) is 0 Å². The zero-order chi connectivity index (χ0) is 9.80. The number of aromatic nitrogens is 4. The molecule has 1 N–H and O–H groups in total. The van der Waals surface area contributed by atoms with E-state index < -0.39 is 0 Å². The van der Waals surface area contributed by atoms with E-state index in [2.05, 4.69) is 15.5 Å². The molecule has 1 aromatic heterocycles. The van der Waals surface area contributed by atoms with Crippen LogP contribution in [0.1, 0.15) is 12.5 Å². The monoisotopic (exact) mass is 248 g/mol. The Labute approximate surface area is 96.2 Å². The standard InChI is InChI=1S/C7H12N4S3/c12-7-8-9-10-11(7)6-4-13-2-1-3-14-5-6/h6H,1-5H2,(H,8,10,12). The van der Waals surface area contributed by atoms with Gasteiger partial charge in [0.15, 0.2) is 0 Å². The first-order valence-electron chi connectivity index (χ1n) is 4.53. The van der Waals surface area contributed by atoms with E-state index in [9.17, 15) is 0 Å². The Morgan fingerprint density at radius 1 is 1.36 bits per heavy atom. The van der Waals surface area contributed by atoms with Crippen molar-refractivity contribution in [3.8, 4) is 0 Å². The highest BCUT2D eigenvalue weighted by atomic mass is 32.2. The van der Waals surface area contributed by atoms with Gasteiger partial charge in [-0.15, -0.1) is 0 Å². The molecule has 7 heteroatoms. The molecule has 1 aliphatic heterocycles. The van der Waals surface area contributed by atoms with E-state index in [1.54, 1.807) is 0 Å². The predicted molar refractivity (Wildman–Crippen MR) is 63.5 cm³/mol. The lowest BCUT2D eigenvalue weighted by Crippen LogP contribution is -2.18. The molecule has 1 aliphatic rings. The third-order valence-corrected chi connectivity index (χ3v) is 4.73. The highest BCUT2D eigenvalue weighted by Gasteiger charge is 2.15. The second-order valence-corrected chi connectivity index (χ2v) is 5.77. The highest BCUT2D eigenvalue weighted by Crippen LogP contribution is 2.23. The Balaban J connectivity index is 2.08. The Bertz CT molecular complexity index is 326. The van der Waals surface area contributed by atoms with Crippen LogP contribution in [-0.4, -0.2) is 43.2 Å². The Morgan fingerprint density at radius 3 is 2.64 bits per heavy atom. The Kier molecular flexibility index (Phi) is 3.89. The molecule has 0 saturated carbocycles. The van der Waals surface area contributed by atoms with Gasteiger partial charge in [0.1, 0.15) is 0 Å². The van der Waals surface area contributed by atoms with Crippen LogP contribution in [0.3, 0.4) is 0 Å². The zero-order valence-electron chi connectivity index (χ0n) is 7.68. The fraction of sp³-hybridized carbons (Fsp3) is 0.857. The third kappa shape index (κ3) is 2.52. The number of hydrogen-bond donors (Lipinski definition) is 1. The Hall–Kier alpha value is -0.0100. The minimum atomic E-state index is 0.424. The first-order valence-corrected chi connectivity index (χ1v) is 7.25. The molecule has 78 valence electrons. The van der Waals surface area contributed by atoms with Crippen LogP contribution in [0.5, 0.6) is 0 Å². The van der Waals surface area contributed by atoms with E-state index in [-0.39, 0.29) is 0 Å². The van der Waals surface area contributed by atoms with Crippen LogP contribution in [0, 0.1) is 4.77 Å². The van der Waals surface area contributed by atoms with Crippen LogP contribution < -0.4 is 0 Å². The molecule has 2 rings (SSSR count). The molecule has 1 fully saturated rings. The molecule has 1 saturated heterocycles. The molecule has 0 aromatic carbocycles. The maximum atomic E-state index is 5.08. The number of H-pyrrole nitrogens is 1. The van der Waals surface area contributed by atoms with Gasteiger partial charge in [-0.3, -0.25) is 0 Å². The van der Waals surface area contributed by atoms with Crippen LogP contribution in [0.4, 0.5) is 0 Å². The van der Waals surface area contributed by atoms with Gasteiger partial charge in [0.05, 0.1) is 6.04 Å². The topological polar surface area (TPSA) is 46.5 Å². The lowest BCUT2D eigenvalue weighted by Gasteiger charge is -2.18. The molecule has 2 heterocycles. The molecular weight excluding hydrogens is 236 g/mol. The predicted octanol–water partition coefficient (Wildman–Crippen LogP) is 1.75. The number of thioether (sulfide) groups is 2. The van der Waals surface area contributed by atoms with Gasteiger partial charge < -0.3 is 0 Å². The molecule has 0 aliphatic carbocycles. The number of hydrogen-bond acceptors (Lipinski definition) is 5. The summed E-state index contributed by atoms with van der Waals surface area (Å²) in [5.74, 6) is 4.70. The highest BCUT2D eigenvalue weighted by molar-refractivity contribution is 8.00. The number of tetrazole rings is 1. The van der Waals surface area contributed by atoms with Crippen molar-refractivity contribution >= 4 is 35.7 Å². The van der Waals surface area contributed by atoms with Gasteiger partial charge in [-0.05, 0) is 30.1 Å². The van der Waals surface area contributed by atoms with Crippen molar-refractivity contribution in [1.29, 1.82) is 0 Å². The molecule has 0 amide bonds. The van der Waals surface area contributed by atoms with Crippen molar-refractivity contribution in [3.05, 3.63) is 4.77 Å². The van der Waals surface area contributed by atoms with Gasteiger partial charge in [0.2, 0.25) is 4.77 Å². The number of rotatable bonds is 1. The maximum Gasteiger partial charge on any atom is 0.238 e. The fourth-order valence-electron chi connectivity index (χ4n) is 1.34. The largest absolute Gasteiger partial charge is 0.238 e. The zero-order valence-corrected chi connectivity index (χ0v) is 10.1. The molecule has 14 heavy (non-hydrogen) atoms. The van der Waals surface area contributed by atoms with Crippen molar-refractivity contribution in [2.45, 2.75) is 12.5 Å². The van der Waals surface area contributed by atoms with E-state index in [0.29, 0.717) is 10.8 Å². The molecule has 0 radical (unpaired) electrons. The van der Waals surface area contributed by atoms with Crippen LogP contribution in [0.2, 0.25) is 0 Å². The van der Waals surface area contributed by atoms with Crippen LogP contribution in [0.15, 0.2) is 0 Å². The number of nitrogens with zero attached hydrogens (tertiary/aromatic N) is 3. The smallest absolute Gasteiger partial charge is 0.238 e. The molecule has 1 aromatic rings. The van der Waals surface area contributed by atoms with E-state index in [1.807, 2.05) is 28.2 Å². The minimum absolute atomic E-state index is 0.424. The summed E-state index contributed by atoms with van der Waals surface area (Å²) in [6.07, 6.45) is 1.31. The average Bonchev–Trinajstić information content (AvgIpc) is 2.51. The second kappa shape index (κ2) is 5.18. The fourth-order valence-corrected chi connectivity index (χ4v) is 4.01. The van der Waals surface area contributed by atoms with Crippen molar-refractivity contribution < 1.29 is 0 Å². The van der Waals surface area contributed by atoms with Gasteiger partial charge in [-0.1, -0.05) is 10.3 Å². The Morgan fingerprint density at radius 2 is 2.07 bits per heavy atom. The summed E-state index contributed by atoms with van der Waals surface area (Å²) in [6.45, 7) is 0. The van der Waals surface area contributed by atoms with Gasteiger partial charge in [0.25, 0.3) is 0 Å². The lowest BCUT2D eigenvalue weighted by molar-refractivity contribution is 0.521. The van der Waals surface area contributed by atoms with E-state index >= 15 is 0 Å². The first-order chi connectivity index (χ1) is 6.88. The quantitative estimate of drug-likeness (QED) is 0.767. The average molecular weight is 248 g/mol. The molecular formula is C7H12N4S3. The molecule has 0 unspecified atom stereocenters. The molecule has 4 nitrogen and oxygen atoms in total. The van der Waals surface area contributed by atoms with Gasteiger partial charge >= 0.3 is 0 Å². The summed E-state index contributed by atoms with van der Waals surface area (Å²) in [5.41, 5.74) is 0.